The topological polar surface area (TPSA) is 21.3 Å². The first-order chi connectivity index (χ1) is 8.22. The van der Waals surface area contributed by atoms with Gasteiger partial charge in [-0.1, -0.05) is 6.07 Å². The Morgan fingerprint density at radius 3 is 2.65 bits per heavy atom. The first kappa shape index (κ1) is 12.5. The number of hydrogen-bond acceptors (Lipinski definition) is 2. The summed E-state index contributed by atoms with van der Waals surface area (Å²) in [6.07, 6.45) is 1.71. The monoisotopic (exact) mass is 241 g/mol. The van der Waals surface area contributed by atoms with Crippen LogP contribution in [0.3, 0.4) is 0 Å². The molecule has 1 aromatic carbocycles. The zero-order valence-electron chi connectivity index (χ0n) is 9.93. The highest BCUT2D eigenvalue weighted by Crippen LogP contribution is 2.29. The molecular formula is C13H17F2NO. The predicted molar refractivity (Wildman–Crippen MR) is 61.9 cm³/mol. The van der Waals surface area contributed by atoms with Crippen LogP contribution in [0, 0.1) is 11.6 Å². The van der Waals surface area contributed by atoms with Crippen LogP contribution in [0.15, 0.2) is 12.1 Å². The van der Waals surface area contributed by atoms with Gasteiger partial charge >= 0.3 is 0 Å². The summed E-state index contributed by atoms with van der Waals surface area (Å²) < 4.78 is 32.2. The quantitative estimate of drug-likeness (QED) is 0.878. The van der Waals surface area contributed by atoms with E-state index in [4.69, 9.17) is 4.74 Å². The fraction of sp³-hybridized carbons (Fsp3) is 0.538. The Bertz CT molecular complexity index is 389. The molecule has 2 rings (SSSR count). The maximum atomic E-state index is 13.8. The number of nitrogens with one attached hydrogen (secondary N) is 1. The largest absolute Gasteiger partial charge is 0.380 e. The van der Waals surface area contributed by atoms with Gasteiger partial charge < -0.3 is 10.1 Å². The molecule has 0 saturated carbocycles. The molecular weight excluding hydrogens is 224 g/mol. The second kappa shape index (κ2) is 5.56. The second-order valence-corrected chi connectivity index (χ2v) is 4.44. The molecule has 1 N–H and O–H groups in total. The summed E-state index contributed by atoms with van der Waals surface area (Å²) in [7, 11) is 1.55. The third-order valence-electron chi connectivity index (χ3n) is 3.21. The van der Waals surface area contributed by atoms with Crippen LogP contribution < -0.4 is 5.32 Å². The summed E-state index contributed by atoms with van der Waals surface area (Å²) >= 11 is 0. The lowest BCUT2D eigenvalue weighted by atomic mass is 9.89. The van der Waals surface area contributed by atoms with Crippen molar-refractivity contribution in [3.63, 3.8) is 0 Å². The summed E-state index contributed by atoms with van der Waals surface area (Å²) in [4.78, 5) is 0. The Hall–Kier alpha value is -1.00. The average Bonchev–Trinajstić information content (AvgIpc) is 2.35. The van der Waals surface area contributed by atoms with Gasteiger partial charge in [0.15, 0.2) is 11.6 Å². The molecule has 1 heterocycles. The smallest absolute Gasteiger partial charge is 0.162 e. The third-order valence-corrected chi connectivity index (χ3v) is 3.21. The van der Waals surface area contributed by atoms with E-state index in [1.54, 1.807) is 13.2 Å². The molecule has 0 atom stereocenters. The highest BCUT2D eigenvalue weighted by atomic mass is 19.2. The number of halogens is 2. The number of ether oxygens (including phenoxy) is 1. The molecule has 0 radical (unpaired) electrons. The van der Waals surface area contributed by atoms with Crippen molar-refractivity contribution in [3.8, 4) is 0 Å². The Balaban J connectivity index is 2.29. The molecule has 1 aliphatic rings. The van der Waals surface area contributed by atoms with Crippen LogP contribution in [-0.4, -0.2) is 20.2 Å². The number of hydrogen-bond donors (Lipinski definition) is 1. The summed E-state index contributed by atoms with van der Waals surface area (Å²) in [5.41, 5.74) is 1.19. The Labute approximate surface area is 100.0 Å². The highest BCUT2D eigenvalue weighted by Gasteiger charge is 2.21. The lowest BCUT2D eigenvalue weighted by molar-refractivity contribution is 0.184. The molecule has 0 aliphatic carbocycles. The van der Waals surface area contributed by atoms with Crippen LogP contribution in [0.1, 0.15) is 29.9 Å². The van der Waals surface area contributed by atoms with Crippen molar-refractivity contribution in [3.05, 3.63) is 34.9 Å². The highest BCUT2D eigenvalue weighted by molar-refractivity contribution is 5.29. The first-order valence-electron chi connectivity index (χ1n) is 5.90. The lowest BCUT2D eigenvalue weighted by Crippen LogP contribution is -2.27. The minimum Gasteiger partial charge on any atom is -0.380 e. The Morgan fingerprint density at radius 2 is 2.00 bits per heavy atom. The molecule has 94 valence electrons. The van der Waals surface area contributed by atoms with Gasteiger partial charge in [-0.05, 0) is 49.0 Å². The van der Waals surface area contributed by atoms with Gasteiger partial charge in [0.05, 0.1) is 6.61 Å². The molecule has 1 fully saturated rings. The summed E-state index contributed by atoms with van der Waals surface area (Å²) in [5.74, 6) is -1.35. The van der Waals surface area contributed by atoms with E-state index in [2.05, 4.69) is 5.32 Å². The summed E-state index contributed by atoms with van der Waals surface area (Å²) in [5, 5.41) is 3.22. The Kier molecular flexibility index (Phi) is 4.07. The van der Waals surface area contributed by atoms with E-state index in [9.17, 15) is 8.78 Å². The standard InChI is InChI=1S/C13H17F2NO/c1-17-8-9-6-11(13(15)12(14)7-9)10-2-4-16-5-3-10/h6-7,10,16H,2-5,8H2,1H3. The molecule has 0 bridgehead atoms. The molecule has 0 aromatic heterocycles. The van der Waals surface area contributed by atoms with Crippen LogP contribution in [-0.2, 0) is 11.3 Å². The average molecular weight is 241 g/mol. The summed E-state index contributed by atoms with van der Waals surface area (Å²) in [6.45, 7) is 2.04. The molecule has 17 heavy (non-hydrogen) atoms. The van der Waals surface area contributed by atoms with E-state index in [0.717, 1.165) is 25.9 Å². The van der Waals surface area contributed by atoms with Gasteiger partial charge in [0, 0.05) is 7.11 Å². The number of piperidine rings is 1. The molecule has 2 nitrogen and oxygen atoms in total. The van der Waals surface area contributed by atoms with E-state index in [0.29, 0.717) is 17.7 Å². The van der Waals surface area contributed by atoms with Crippen molar-refractivity contribution in [1.82, 2.24) is 5.32 Å². The molecule has 0 unspecified atom stereocenters. The van der Waals surface area contributed by atoms with Crippen LogP contribution in [0.4, 0.5) is 8.78 Å². The number of benzene rings is 1. The lowest BCUT2D eigenvalue weighted by Gasteiger charge is -2.24. The SMILES string of the molecule is COCc1cc(F)c(F)c(C2CCNCC2)c1. The van der Waals surface area contributed by atoms with Crippen LogP contribution >= 0.6 is 0 Å². The van der Waals surface area contributed by atoms with Crippen LogP contribution in [0.2, 0.25) is 0 Å². The molecule has 1 saturated heterocycles. The fourth-order valence-electron chi connectivity index (χ4n) is 2.35. The van der Waals surface area contributed by atoms with Gasteiger partial charge in [-0.2, -0.15) is 0 Å². The molecule has 0 amide bonds. The predicted octanol–water partition coefficient (Wildman–Crippen LogP) is 2.58. The van der Waals surface area contributed by atoms with Crippen molar-refractivity contribution in [2.75, 3.05) is 20.2 Å². The van der Waals surface area contributed by atoms with Crippen molar-refractivity contribution >= 4 is 0 Å². The molecule has 1 aliphatic heterocycles. The molecule has 0 spiro atoms. The first-order valence-corrected chi connectivity index (χ1v) is 5.90. The van der Waals surface area contributed by atoms with E-state index >= 15 is 0 Å². The summed E-state index contributed by atoms with van der Waals surface area (Å²) in [6, 6.07) is 2.95. The van der Waals surface area contributed by atoms with Gasteiger partial charge in [-0.25, -0.2) is 8.78 Å². The van der Waals surface area contributed by atoms with Crippen LogP contribution in [0.5, 0.6) is 0 Å². The maximum Gasteiger partial charge on any atom is 0.162 e. The van der Waals surface area contributed by atoms with Gasteiger partial charge in [-0.15, -0.1) is 0 Å². The minimum absolute atomic E-state index is 0.113. The van der Waals surface area contributed by atoms with Gasteiger partial charge in [0.2, 0.25) is 0 Å². The maximum absolute atomic E-state index is 13.8. The van der Waals surface area contributed by atoms with Crippen LogP contribution in [0.25, 0.3) is 0 Å². The van der Waals surface area contributed by atoms with Gasteiger partial charge in [-0.3, -0.25) is 0 Å². The van der Waals surface area contributed by atoms with E-state index < -0.39 is 11.6 Å². The van der Waals surface area contributed by atoms with Crippen molar-refractivity contribution in [2.45, 2.75) is 25.4 Å². The van der Waals surface area contributed by atoms with E-state index in [-0.39, 0.29) is 5.92 Å². The number of rotatable bonds is 3. The van der Waals surface area contributed by atoms with Crippen molar-refractivity contribution < 1.29 is 13.5 Å². The van der Waals surface area contributed by atoms with E-state index in [1.807, 2.05) is 0 Å². The fourth-order valence-corrected chi connectivity index (χ4v) is 2.35. The van der Waals surface area contributed by atoms with E-state index in [1.165, 1.54) is 6.07 Å². The zero-order chi connectivity index (χ0) is 12.3. The molecule has 4 heteroatoms. The zero-order valence-corrected chi connectivity index (χ0v) is 9.93. The van der Waals surface area contributed by atoms with Gasteiger partial charge in [0.25, 0.3) is 0 Å². The third kappa shape index (κ3) is 2.82. The van der Waals surface area contributed by atoms with Crippen molar-refractivity contribution in [1.29, 1.82) is 0 Å². The molecule has 1 aromatic rings. The van der Waals surface area contributed by atoms with Gasteiger partial charge in [0.1, 0.15) is 0 Å². The second-order valence-electron chi connectivity index (χ2n) is 4.44. The minimum atomic E-state index is -0.770. The van der Waals surface area contributed by atoms with Crippen molar-refractivity contribution in [2.24, 2.45) is 0 Å². The Morgan fingerprint density at radius 1 is 1.29 bits per heavy atom. The number of methoxy groups -OCH3 is 1. The normalized spacial score (nSPS) is 17.4.